The van der Waals surface area contributed by atoms with Crippen LogP contribution in [-0.4, -0.2) is 13.0 Å². The van der Waals surface area contributed by atoms with E-state index in [0.717, 1.165) is 28.3 Å². The number of rotatable bonds is 3. The van der Waals surface area contributed by atoms with E-state index in [1.165, 1.54) is 33.7 Å². The molecule has 0 saturated heterocycles. The molecule has 1 heterocycles. The third-order valence-electron chi connectivity index (χ3n) is 6.22. The molecular weight excluding hydrogens is 482 g/mol. The topological polar surface area (TPSA) is 74.2 Å². The highest BCUT2D eigenvalue weighted by atomic mass is 32.2. The third-order valence-corrected chi connectivity index (χ3v) is 7.07. The van der Waals surface area contributed by atoms with Crippen LogP contribution in [0.1, 0.15) is 5.56 Å². The fraction of sp³-hybridized carbons (Fsp3) is 0.0645. The fourth-order valence-electron chi connectivity index (χ4n) is 4.36. The molecule has 0 aliphatic rings. The lowest BCUT2D eigenvalue weighted by Gasteiger charge is -2.05. The van der Waals surface area contributed by atoms with Gasteiger partial charge in [-0.15, -0.1) is 0 Å². The minimum atomic E-state index is -4.27. The number of hydrogen-bond acceptors (Lipinski definition) is 4. The lowest BCUT2D eigenvalue weighted by atomic mass is 10.0. The number of aromatic nitrogens is 1. The molecular formula is C31H25NO4S. The summed E-state index contributed by atoms with van der Waals surface area (Å²) in [6.45, 7) is 1.82. The Kier molecular flexibility index (Phi) is 6.61. The summed E-state index contributed by atoms with van der Waals surface area (Å²) in [5.74, 6) is 1.75. The maximum Gasteiger partial charge on any atom is 0.381 e. The molecule has 0 amide bonds. The van der Waals surface area contributed by atoms with Crippen molar-refractivity contribution in [1.29, 1.82) is 0 Å². The quantitative estimate of drug-likeness (QED) is 0.199. The zero-order valence-corrected chi connectivity index (χ0v) is 21.3. The normalized spacial score (nSPS) is 11.3. The Morgan fingerprint density at radius 3 is 1.78 bits per heavy atom. The first-order valence-corrected chi connectivity index (χ1v) is 13.2. The molecule has 0 aliphatic heterocycles. The van der Waals surface area contributed by atoms with Gasteiger partial charge in [0.15, 0.2) is 0 Å². The first-order valence-electron chi connectivity index (χ1n) is 11.8. The molecule has 0 fully saturated rings. The second kappa shape index (κ2) is 10.0. The molecule has 6 rings (SSSR count). The van der Waals surface area contributed by atoms with E-state index in [-0.39, 0.29) is 4.90 Å². The van der Waals surface area contributed by atoms with Gasteiger partial charge in [0.1, 0.15) is 17.2 Å². The van der Waals surface area contributed by atoms with E-state index in [9.17, 15) is 13.0 Å². The Balaban J connectivity index is 0.000000215. The van der Waals surface area contributed by atoms with Crippen LogP contribution in [0.4, 0.5) is 0 Å². The summed E-state index contributed by atoms with van der Waals surface area (Å²) in [6.07, 6.45) is 2.07. The highest BCUT2D eigenvalue weighted by Gasteiger charge is 2.22. The molecule has 0 spiro atoms. The second-order valence-corrected chi connectivity index (χ2v) is 10.2. The van der Waals surface area contributed by atoms with Crippen molar-refractivity contribution < 1.29 is 22.0 Å². The molecule has 0 N–H and O–H groups in total. The number of hydrogen-bond donors (Lipinski definition) is 0. The van der Waals surface area contributed by atoms with Crippen LogP contribution in [0.25, 0.3) is 44.3 Å². The van der Waals surface area contributed by atoms with Crippen molar-refractivity contribution in [2.75, 3.05) is 0 Å². The molecule has 1 aromatic heterocycles. The van der Waals surface area contributed by atoms with Crippen LogP contribution >= 0.6 is 0 Å². The van der Waals surface area contributed by atoms with Crippen molar-refractivity contribution in [3.63, 3.8) is 0 Å². The summed E-state index contributed by atoms with van der Waals surface area (Å²) in [4.78, 5) is -0.178. The Hall–Kier alpha value is -4.26. The molecule has 6 heteroatoms. The van der Waals surface area contributed by atoms with E-state index in [4.69, 9.17) is 4.42 Å². The van der Waals surface area contributed by atoms with E-state index < -0.39 is 10.1 Å². The maximum atomic E-state index is 10.4. The predicted molar refractivity (Wildman–Crippen MR) is 145 cm³/mol. The van der Waals surface area contributed by atoms with E-state index >= 15 is 0 Å². The highest BCUT2D eigenvalue weighted by Crippen LogP contribution is 2.33. The summed E-state index contributed by atoms with van der Waals surface area (Å²) in [7, 11) is -2.23. The minimum Gasteiger partial charge on any atom is -0.744 e. The van der Waals surface area contributed by atoms with Crippen molar-refractivity contribution in [2.45, 2.75) is 11.8 Å². The monoisotopic (exact) mass is 507 g/mol. The summed E-state index contributed by atoms with van der Waals surface area (Å²) >= 11 is 0. The molecule has 37 heavy (non-hydrogen) atoms. The minimum absolute atomic E-state index is 0.178. The van der Waals surface area contributed by atoms with Gasteiger partial charge in [-0.2, -0.15) is 4.57 Å². The fourth-order valence-corrected chi connectivity index (χ4v) is 4.83. The van der Waals surface area contributed by atoms with Gasteiger partial charge in [0.05, 0.1) is 10.5 Å². The van der Waals surface area contributed by atoms with Gasteiger partial charge < -0.3 is 8.97 Å². The van der Waals surface area contributed by atoms with Crippen LogP contribution in [0.3, 0.4) is 0 Å². The van der Waals surface area contributed by atoms with Gasteiger partial charge >= 0.3 is 5.89 Å². The molecule has 5 aromatic carbocycles. The number of benzene rings is 5. The number of oxazole rings is 1. The van der Waals surface area contributed by atoms with E-state index in [2.05, 4.69) is 95.7 Å². The molecule has 5 nitrogen and oxygen atoms in total. The van der Waals surface area contributed by atoms with Crippen molar-refractivity contribution in [1.82, 2.24) is 0 Å². The van der Waals surface area contributed by atoms with Crippen LogP contribution in [0.2, 0.25) is 0 Å². The van der Waals surface area contributed by atoms with E-state index in [1.807, 2.05) is 14.0 Å². The molecule has 0 saturated carbocycles. The first kappa shape index (κ1) is 24.4. The molecule has 0 atom stereocenters. The highest BCUT2D eigenvalue weighted by molar-refractivity contribution is 7.85. The number of aryl methyl sites for hydroxylation is 2. The van der Waals surface area contributed by atoms with Gasteiger partial charge in [-0.1, -0.05) is 96.6 Å². The average Bonchev–Trinajstić information content (AvgIpc) is 3.29. The Morgan fingerprint density at radius 1 is 0.676 bits per heavy atom. The van der Waals surface area contributed by atoms with Crippen molar-refractivity contribution in [3.05, 3.63) is 121 Å². The van der Waals surface area contributed by atoms with Gasteiger partial charge in [-0.25, -0.2) is 8.42 Å². The Morgan fingerprint density at radius 2 is 1.19 bits per heavy atom. The molecule has 0 unspecified atom stereocenters. The van der Waals surface area contributed by atoms with Crippen molar-refractivity contribution >= 4 is 31.7 Å². The van der Waals surface area contributed by atoms with Gasteiger partial charge in [0, 0.05) is 5.56 Å². The van der Waals surface area contributed by atoms with Gasteiger partial charge in [-0.3, -0.25) is 0 Å². The largest absolute Gasteiger partial charge is 0.744 e. The van der Waals surface area contributed by atoms with Gasteiger partial charge in [0.25, 0.3) is 0 Å². The van der Waals surface area contributed by atoms with Crippen LogP contribution in [0.5, 0.6) is 0 Å². The average molecular weight is 508 g/mol. The summed E-state index contributed by atoms with van der Waals surface area (Å²) in [5, 5.41) is 4.84. The van der Waals surface area contributed by atoms with Crippen LogP contribution in [0.15, 0.2) is 125 Å². The maximum absolute atomic E-state index is 10.4. The molecule has 0 radical (unpaired) electrons. The summed E-state index contributed by atoms with van der Waals surface area (Å²) < 4.78 is 39.6. The third kappa shape index (κ3) is 5.16. The molecule has 0 aliphatic carbocycles. The summed E-state index contributed by atoms with van der Waals surface area (Å²) in [5.41, 5.74) is 3.15. The summed E-state index contributed by atoms with van der Waals surface area (Å²) in [6, 6.07) is 35.3. The van der Waals surface area contributed by atoms with Crippen molar-refractivity contribution in [2.24, 2.45) is 7.05 Å². The lowest BCUT2D eigenvalue weighted by molar-refractivity contribution is -0.662. The number of nitrogens with zero attached hydrogens (tertiary/aromatic N) is 1. The predicted octanol–water partition coefficient (Wildman–Crippen LogP) is 6.64. The smallest absolute Gasteiger partial charge is 0.381 e. The second-order valence-electron chi connectivity index (χ2n) is 8.83. The van der Waals surface area contributed by atoms with Gasteiger partial charge in [-0.05, 0) is 46.7 Å². The molecule has 0 bridgehead atoms. The van der Waals surface area contributed by atoms with E-state index in [0.29, 0.717) is 0 Å². The Labute approximate surface area is 216 Å². The van der Waals surface area contributed by atoms with Crippen LogP contribution in [0, 0.1) is 6.92 Å². The zero-order valence-electron chi connectivity index (χ0n) is 20.5. The molecule has 6 aromatic rings. The van der Waals surface area contributed by atoms with Gasteiger partial charge in [0.2, 0.25) is 12.0 Å². The van der Waals surface area contributed by atoms with Crippen LogP contribution < -0.4 is 4.57 Å². The first-order chi connectivity index (χ1) is 17.8. The molecule has 184 valence electrons. The standard InChI is InChI=1S/C24H18NO.C7H8O3S/c1-25-16-23(21-14-6-10-17-8-2-4-12-19(17)21)26-24(25)22-15-7-11-18-9-3-5-13-20(18)22;1-6-2-4-7(5-3-6)11(8,9)10/h2-16H,1H3;2-5H,1H3,(H,8,9,10)/q+1;/p-1. The van der Waals surface area contributed by atoms with Crippen LogP contribution in [-0.2, 0) is 17.2 Å². The zero-order chi connectivity index (χ0) is 26.0. The SMILES string of the molecule is C[n+]1cc(-c2cccc3ccccc23)oc1-c1cccc2ccccc12.Cc1ccc(S(=O)(=O)[O-])cc1. The number of fused-ring (bicyclic) bond motifs is 2. The van der Waals surface area contributed by atoms with E-state index in [1.54, 1.807) is 12.1 Å². The lowest BCUT2D eigenvalue weighted by Crippen LogP contribution is -2.27. The van der Waals surface area contributed by atoms with Crippen molar-refractivity contribution in [3.8, 4) is 22.8 Å². The Bertz CT molecular complexity index is 1810.